The monoisotopic (exact) mass is 360 g/mol. The van der Waals surface area contributed by atoms with E-state index < -0.39 is 17.7 Å². The molecular weight excluding hydrogens is 332 g/mol. The molecule has 142 valence electrons. The smallest absolute Gasteiger partial charge is 0.407 e. The van der Waals surface area contributed by atoms with Gasteiger partial charge in [0.1, 0.15) is 5.60 Å². The van der Waals surface area contributed by atoms with Crippen molar-refractivity contribution >= 4 is 17.8 Å². The zero-order valence-electron chi connectivity index (χ0n) is 16.2. The standard InChI is InChI=1S/C20H28N2O4/c1-13-7-6-8-15(14(13)2)18(24)16-9-10-17(23)22(16)12-11-21-19(25)26-20(3,4)5/h6-8,16H,9-12H2,1-5H3,(H,21,25). The summed E-state index contributed by atoms with van der Waals surface area (Å²) in [6.45, 7) is 9.79. The van der Waals surface area contributed by atoms with Crippen molar-refractivity contribution in [1.29, 1.82) is 0 Å². The van der Waals surface area contributed by atoms with Crippen LogP contribution in [0, 0.1) is 13.8 Å². The van der Waals surface area contributed by atoms with E-state index in [2.05, 4.69) is 5.32 Å². The second-order valence-electron chi connectivity index (χ2n) is 7.68. The minimum Gasteiger partial charge on any atom is -0.444 e. The van der Waals surface area contributed by atoms with Gasteiger partial charge in [-0.05, 0) is 52.2 Å². The average molecular weight is 360 g/mol. The van der Waals surface area contributed by atoms with Crippen molar-refractivity contribution in [2.45, 2.75) is 59.1 Å². The molecule has 1 atom stereocenters. The number of likely N-dealkylation sites (tertiary alicyclic amines) is 1. The van der Waals surface area contributed by atoms with Gasteiger partial charge in [-0.3, -0.25) is 9.59 Å². The second-order valence-corrected chi connectivity index (χ2v) is 7.68. The lowest BCUT2D eigenvalue weighted by molar-refractivity contribution is -0.128. The molecule has 26 heavy (non-hydrogen) atoms. The quantitative estimate of drug-likeness (QED) is 0.819. The fourth-order valence-corrected chi connectivity index (χ4v) is 3.08. The Labute approximate surface area is 154 Å². The highest BCUT2D eigenvalue weighted by atomic mass is 16.6. The van der Waals surface area contributed by atoms with Crippen molar-refractivity contribution in [2.24, 2.45) is 0 Å². The fourth-order valence-electron chi connectivity index (χ4n) is 3.08. The fraction of sp³-hybridized carbons (Fsp3) is 0.550. The Bertz CT molecular complexity index is 706. The molecule has 6 nitrogen and oxygen atoms in total. The first-order valence-electron chi connectivity index (χ1n) is 8.97. The topological polar surface area (TPSA) is 75.7 Å². The van der Waals surface area contributed by atoms with E-state index in [0.717, 1.165) is 11.1 Å². The molecule has 6 heteroatoms. The van der Waals surface area contributed by atoms with Crippen molar-refractivity contribution in [2.75, 3.05) is 13.1 Å². The number of amides is 2. The maximum atomic E-state index is 13.0. The van der Waals surface area contributed by atoms with Crippen molar-refractivity contribution in [1.82, 2.24) is 10.2 Å². The molecule has 2 rings (SSSR count). The number of ketones is 1. The van der Waals surface area contributed by atoms with Crippen LogP contribution in [0.1, 0.15) is 55.1 Å². The molecule has 1 aliphatic rings. The number of carbonyl (C=O) groups excluding carboxylic acids is 3. The third-order valence-electron chi connectivity index (χ3n) is 4.52. The zero-order valence-corrected chi connectivity index (χ0v) is 16.2. The maximum absolute atomic E-state index is 13.0. The van der Waals surface area contributed by atoms with Crippen LogP contribution in [-0.2, 0) is 9.53 Å². The summed E-state index contributed by atoms with van der Waals surface area (Å²) in [6.07, 6.45) is 0.340. The van der Waals surface area contributed by atoms with Crippen LogP contribution >= 0.6 is 0 Å². The lowest BCUT2D eigenvalue weighted by Crippen LogP contribution is -2.44. The first kappa shape index (κ1) is 19.9. The normalized spacial score (nSPS) is 17.3. The van der Waals surface area contributed by atoms with Gasteiger partial charge in [-0.1, -0.05) is 18.2 Å². The van der Waals surface area contributed by atoms with Crippen molar-refractivity contribution in [3.05, 3.63) is 34.9 Å². The molecule has 1 fully saturated rings. The molecule has 0 aliphatic carbocycles. The number of benzene rings is 1. The molecule has 1 aromatic rings. The third kappa shape index (κ3) is 4.84. The molecule has 0 bridgehead atoms. The molecule has 1 heterocycles. The van der Waals surface area contributed by atoms with E-state index in [-0.39, 0.29) is 18.2 Å². The van der Waals surface area contributed by atoms with Crippen LogP contribution in [0.3, 0.4) is 0 Å². The lowest BCUT2D eigenvalue weighted by atomic mass is 9.95. The molecule has 2 amide bonds. The highest BCUT2D eigenvalue weighted by molar-refractivity contribution is 6.04. The van der Waals surface area contributed by atoms with E-state index in [0.29, 0.717) is 24.9 Å². The van der Waals surface area contributed by atoms with Crippen LogP contribution in [0.25, 0.3) is 0 Å². The number of hydrogen-bond acceptors (Lipinski definition) is 4. The van der Waals surface area contributed by atoms with Gasteiger partial charge in [-0.25, -0.2) is 4.79 Å². The van der Waals surface area contributed by atoms with Gasteiger partial charge in [0.2, 0.25) is 5.91 Å². The number of alkyl carbamates (subject to hydrolysis) is 1. The summed E-state index contributed by atoms with van der Waals surface area (Å²) in [4.78, 5) is 38.5. The Morgan fingerprint density at radius 3 is 2.62 bits per heavy atom. The van der Waals surface area contributed by atoms with Crippen LogP contribution in [-0.4, -0.2) is 47.4 Å². The SMILES string of the molecule is Cc1cccc(C(=O)C2CCC(=O)N2CCNC(=O)OC(C)(C)C)c1C. The summed E-state index contributed by atoms with van der Waals surface area (Å²) in [7, 11) is 0. The number of aryl methyl sites for hydroxylation is 1. The number of hydrogen-bond donors (Lipinski definition) is 1. The summed E-state index contributed by atoms with van der Waals surface area (Å²) < 4.78 is 5.18. The van der Waals surface area contributed by atoms with Gasteiger partial charge in [0.25, 0.3) is 0 Å². The van der Waals surface area contributed by atoms with Gasteiger partial charge in [0.15, 0.2) is 5.78 Å². The summed E-state index contributed by atoms with van der Waals surface area (Å²) in [5.41, 5.74) is 2.09. The van der Waals surface area contributed by atoms with Crippen LogP contribution in [0.15, 0.2) is 18.2 Å². The molecule has 1 unspecified atom stereocenters. The number of carbonyl (C=O) groups is 3. The van der Waals surface area contributed by atoms with E-state index in [9.17, 15) is 14.4 Å². The number of ether oxygens (including phenoxy) is 1. The van der Waals surface area contributed by atoms with Crippen LogP contribution in [0.2, 0.25) is 0 Å². The number of Topliss-reactive ketones (excluding diaryl/α,β-unsaturated/α-hetero) is 1. The molecule has 0 saturated carbocycles. The summed E-state index contributed by atoms with van der Waals surface area (Å²) in [6, 6.07) is 5.17. The van der Waals surface area contributed by atoms with E-state index in [4.69, 9.17) is 4.74 Å². The first-order chi connectivity index (χ1) is 12.1. The predicted octanol–water partition coefficient (Wildman–Crippen LogP) is 3.00. The van der Waals surface area contributed by atoms with Crippen molar-refractivity contribution < 1.29 is 19.1 Å². The predicted molar refractivity (Wildman–Crippen MR) is 99.2 cm³/mol. The molecule has 1 aromatic carbocycles. The maximum Gasteiger partial charge on any atom is 0.407 e. The van der Waals surface area contributed by atoms with Crippen LogP contribution < -0.4 is 5.32 Å². The van der Waals surface area contributed by atoms with Crippen LogP contribution in [0.5, 0.6) is 0 Å². The Morgan fingerprint density at radius 1 is 1.27 bits per heavy atom. The van der Waals surface area contributed by atoms with E-state index >= 15 is 0 Å². The number of nitrogens with one attached hydrogen (secondary N) is 1. The highest BCUT2D eigenvalue weighted by Gasteiger charge is 2.36. The average Bonchev–Trinajstić information content (AvgIpc) is 2.89. The van der Waals surface area contributed by atoms with Gasteiger partial charge >= 0.3 is 6.09 Å². The Hall–Kier alpha value is -2.37. The van der Waals surface area contributed by atoms with Gasteiger partial charge in [-0.15, -0.1) is 0 Å². The molecule has 0 spiro atoms. The minimum atomic E-state index is -0.575. The van der Waals surface area contributed by atoms with Crippen LogP contribution in [0.4, 0.5) is 4.79 Å². The van der Waals surface area contributed by atoms with E-state index in [1.54, 1.807) is 25.7 Å². The second kappa shape index (κ2) is 7.89. The molecular formula is C20H28N2O4. The van der Waals surface area contributed by atoms with Gasteiger partial charge in [0.05, 0.1) is 6.04 Å². The highest BCUT2D eigenvalue weighted by Crippen LogP contribution is 2.24. The summed E-state index contributed by atoms with van der Waals surface area (Å²) in [5.74, 6) is -0.0889. The molecule has 0 aromatic heterocycles. The van der Waals surface area contributed by atoms with Crippen molar-refractivity contribution in [3.8, 4) is 0 Å². The first-order valence-corrected chi connectivity index (χ1v) is 8.97. The molecule has 1 N–H and O–H groups in total. The van der Waals surface area contributed by atoms with Gasteiger partial charge in [0, 0.05) is 25.1 Å². The molecule has 1 aliphatic heterocycles. The number of nitrogens with zero attached hydrogens (tertiary/aromatic N) is 1. The molecule has 0 radical (unpaired) electrons. The lowest BCUT2D eigenvalue weighted by Gasteiger charge is -2.25. The molecule has 1 saturated heterocycles. The van der Waals surface area contributed by atoms with Gasteiger partial charge in [-0.2, -0.15) is 0 Å². The Morgan fingerprint density at radius 2 is 1.96 bits per heavy atom. The zero-order chi connectivity index (χ0) is 19.5. The Balaban J connectivity index is 2.01. The number of rotatable bonds is 5. The largest absolute Gasteiger partial charge is 0.444 e. The van der Waals surface area contributed by atoms with Gasteiger partial charge < -0.3 is 15.0 Å². The third-order valence-corrected chi connectivity index (χ3v) is 4.52. The Kier molecular flexibility index (Phi) is 6.05. The van der Waals surface area contributed by atoms with E-state index in [1.165, 1.54) is 0 Å². The minimum absolute atomic E-state index is 0.0330. The summed E-state index contributed by atoms with van der Waals surface area (Å²) in [5, 5.41) is 2.64. The van der Waals surface area contributed by atoms with E-state index in [1.807, 2.05) is 32.0 Å². The van der Waals surface area contributed by atoms with Crippen molar-refractivity contribution in [3.63, 3.8) is 0 Å². The summed E-state index contributed by atoms with van der Waals surface area (Å²) >= 11 is 0.